The van der Waals surface area contributed by atoms with Gasteiger partial charge in [0, 0.05) is 26.4 Å². The Hall–Kier alpha value is -3.44. The average Bonchev–Trinajstić information content (AvgIpc) is 3.22. The number of rotatable bonds is 7. The maximum atomic E-state index is 13.1. The molecule has 33 heavy (non-hydrogen) atoms. The molecule has 0 spiro atoms. The molecule has 2 aliphatic carbocycles. The minimum atomic E-state index is -0.525. The van der Waals surface area contributed by atoms with Crippen molar-refractivity contribution in [2.75, 3.05) is 24.8 Å². The molecule has 11 nitrogen and oxygen atoms in total. The summed E-state index contributed by atoms with van der Waals surface area (Å²) >= 11 is 0. The molecule has 3 heterocycles. The molecule has 4 atom stereocenters. The Balaban J connectivity index is 1.46. The van der Waals surface area contributed by atoms with Crippen molar-refractivity contribution in [2.45, 2.75) is 50.0 Å². The molecule has 4 N–H and O–H groups in total. The van der Waals surface area contributed by atoms with E-state index in [0.717, 1.165) is 19.3 Å². The van der Waals surface area contributed by atoms with Gasteiger partial charge in [-0.25, -0.2) is 4.98 Å². The van der Waals surface area contributed by atoms with E-state index in [-0.39, 0.29) is 35.2 Å². The summed E-state index contributed by atoms with van der Waals surface area (Å²) in [4.78, 5) is 30.5. The Bertz CT molecular complexity index is 1250. The minimum Gasteiger partial charge on any atom is -0.391 e. The molecule has 0 bridgehead atoms. The third kappa shape index (κ3) is 3.72. The third-order valence-corrected chi connectivity index (χ3v) is 6.60. The molecule has 3 aromatic heterocycles. The van der Waals surface area contributed by atoms with E-state index in [2.05, 4.69) is 26.0 Å². The van der Waals surface area contributed by atoms with E-state index in [0.29, 0.717) is 29.4 Å². The van der Waals surface area contributed by atoms with Gasteiger partial charge in [-0.3, -0.25) is 9.59 Å². The fourth-order valence-corrected chi connectivity index (χ4v) is 4.31. The molecule has 0 radical (unpaired) electrons. The topological polar surface area (TPSA) is 135 Å². The Labute approximate surface area is 189 Å². The van der Waals surface area contributed by atoms with Crippen LogP contribution in [0.1, 0.15) is 42.1 Å². The SMILES string of the molecule is CNc1cc(Nc2cccn([C@@H]3CC[C@H]3OC)c2=O)nc2c(C(=O)N[C@H]3CC[C@@H]3O)cnn12. The first kappa shape index (κ1) is 21.4. The lowest BCUT2D eigenvalue weighted by Gasteiger charge is -2.36. The second-order valence-corrected chi connectivity index (χ2v) is 8.47. The quantitative estimate of drug-likeness (QED) is 0.420. The third-order valence-electron chi connectivity index (χ3n) is 6.60. The summed E-state index contributed by atoms with van der Waals surface area (Å²) < 4.78 is 8.67. The molecule has 2 saturated carbocycles. The normalized spacial score (nSPS) is 24.1. The molecule has 3 aromatic rings. The molecular weight excluding hydrogens is 426 g/mol. The van der Waals surface area contributed by atoms with Crippen LogP contribution in [0, 0.1) is 0 Å². The van der Waals surface area contributed by atoms with Gasteiger partial charge >= 0.3 is 0 Å². The predicted molar refractivity (Wildman–Crippen MR) is 122 cm³/mol. The van der Waals surface area contributed by atoms with Crippen molar-refractivity contribution in [1.82, 2.24) is 24.5 Å². The number of aliphatic hydroxyl groups excluding tert-OH is 1. The van der Waals surface area contributed by atoms with Crippen molar-refractivity contribution in [3.05, 3.63) is 46.5 Å². The molecule has 0 aromatic carbocycles. The maximum Gasteiger partial charge on any atom is 0.274 e. The smallest absolute Gasteiger partial charge is 0.274 e. The summed E-state index contributed by atoms with van der Waals surface area (Å²) in [6, 6.07) is 4.98. The van der Waals surface area contributed by atoms with Gasteiger partial charge in [-0.1, -0.05) is 0 Å². The highest BCUT2D eigenvalue weighted by Gasteiger charge is 2.33. The van der Waals surface area contributed by atoms with Crippen molar-refractivity contribution in [2.24, 2.45) is 0 Å². The number of aromatic nitrogens is 4. The van der Waals surface area contributed by atoms with Crippen LogP contribution in [0.15, 0.2) is 35.4 Å². The van der Waals surface area contributed by atoms with Crippen molar-refractivity contribution in [1.29, 1.82) is 0 Å². The fourth-order valence-electron chi connectivity index (χ4n) is 4.31. The highest BCUT2D eigenvalue weighted by Crippen LogP contribution is 2.33. The second-order valence-electron chi connectivity index (χ2n) is 8.47. The van der Waals surface area contributed by atoms with Gasteiger partial charge in [0.05, 0.1) is 30.5 Å². The van der Waals surface area contributed by atoms with Crippen LogP contribution in [0.5, 0.6) is 0 Å². The standard InChI is InChI=1S/C22H27N7O4/c1-23-19-10-18(25-14-4-3-9-28(22(14)32)15-6-8-17(15)33-2)27-20-12(11-24-29(19)20)21(31)26-13-5-7-16(13)30/h3-4,9-11,13,15-17,23,30H,5-8H2,1-2H3,(H,25,27)(H,26,31)/t13-,15+,16-,17+/m0/s1. The van der Waals surface area contributed by atoms with Crippen LogP contribution in [0.3, 0.4) is 0 Å². The number of amides is 1. The largest absolute Gasteiger partial charge is 0.391 e. The van der Waals surface area contributed by atoms with E-state index in [9.17, 15) is 14.7 Å². The molecule has 0 saturated heterocycles. The molecule has 2 aliphatic rings. The number of pyridine rings is 1. The molecule has 0 unspecified atom stereocenters. The molecule has 11 heteroatoms. The number of methoxy groups -OCH3 is 1. The summed E-state index contributed by atoms with van der Waals surface area (Å²) in [5, 5.41) is 23.0. The molecule has 1 amide bonds. The zero-order chi connectivity index (χ0) is 23.1. The first-order valence-corrected chi connectivity index (χ1v) is 11.1. The zero-order valence-corrected chi connectivity index (χ0v) is 18.5. The number of ether oxygens (including phenoxy) is 1. The van der Waals surface area contributed by atoms with E-state index in [1.54, 1.807) is 37.1 Å². The molecular formula is C22H27N7O4. The lowest BCUT2D eigenvalue weighted by molar-refractivity contribution is -0.0103. The summed E-state index contributed by atoms with van der Waals surface area (Å²) in [5.74, 6) is 0.648. The number of hydrogen-bond acceptors (Lipinski definition) is 8. The molecule has 2 fully saturated rings. The van der Waals surface area contributed by atoms with Crippen molar-refractivity contribution in [3.63, 3.8) is 0 Å². The van der Waals surface area contributed by atoms with E-state index in [1.807, 2.05) is 6.07 Å². The second kappa shape index (κ2) is 8.49. The maximum absolute atomic E-state index is 13.1. The van der Waals surface area contributed by atoms with Gasteiger partial charge in [0.15, 0.2) is 5.65 Å². The zero-order valence-electron chi connectivity index (χ0n) is 18.5. The van der Waals surface area contributed by atoms with Gasteiger partial charge < -0.3 is 30.4 Å². The fraction of sp³-hybridized carbons (Fsp3) is 0.455. The van der Waals surface area contributed by atoms with Crippen molar-refractivity contribution < 1.29 is 14.6 Å². The average molecular weight is 454 g/mol. The van der Waals surface area contributed by atoms with Crippen LogP contribution in [0.4, 0.5) is 17.3 Å². The Morgan fingerprint density at radius 3 is 2.76 bits per heavy atom. The number of carbonyl (C=O) groups is 1. The van der Waals surface area contributed by atoms with Crippen LogP contribution >= 0.6 is 0 Å². The number of carbonyl (C=O) groups excluding carboxylic acids is 1. The minimum absolute atomic E-state index is 0.0135. The van der Waals surface area contributed by atoms with E-state index in [4.69, 9.17) is 4.74 Å². The van der Waals surface area contributed by atoms with Crippen LogP contribution in [-0.2, 0) is 4.74 Å². The lowest BCUT2D eigenvalue weighted by atomic mass is 9.88. The van der Waals surface area contributed by atoms with Gasteiger partial charge in [-0.2, -0.15) is 9.61 Å². The van der Waals surface area contributed by atoms with Gasteiger partial charge in [0.25, 0.3) is 11.5 Å². The first-order valence-electron chi connectivity index (χ1n) is 11.1. The van der Waals surface area contributed by atoms with Crippen LogP contribution in [0.25, 0.3) is 5.65 Å². The van der Waals surface area contributed by atoms with Crippen LogP contribution in [0.2, 0.25) is 0 Å². The van der Waals surface area contributed by atoms with Gasteiger partial charge in [0.2, 0.25) is 0 Å². The number of nitrogens with zero attached hydrogens (tertiary/aromatic N) is 4. The van der Waals surface area contributed by atoms with Crippen molar-refractivity contribution >= 4 is 28.9 Å². The number of nitrogens with one attached hydrogen (secondary N) is 3. The van der Waals surface area contributed by atoms with Gasteiger partial charge in [-0.15, -0.1) is 0 Å². The highest BCUT2D eigenvalue weighted by molar-refractivity contribution is 6.00. The van der Waals surface area contributed by atoms with E-state index >= 15 is 0 Å². The monoisotopic (exact) mass is 453 g/mol. The molecule has 5 rings (SSSR count). The number of anilines is 3. The van der Waals surface area contributed by atoms with Gasteiger partial charge in [-0.05, 0) is 37.8 Å². The summed E-state index contributed by atoms with van der Waals surface area (Å²) in [5.41, 5.74) is 0.839. The lowest BCUT2D eigenvalue weighted by Crippen LogP contribution is -2.50. The van der Waals surface area contributed by atoms with Crippen LogP contribution < -0.4 is 21.5 Å². The summed E-state index contributed by atoms with van der Waals surface area (Å²) in [7, 11) is 3.40. The molecule has 0 aliphatic heterocycles. The highest BCUT2D eigenvalue weighted by atomic mass is 16.5. The Kier molecular flexibility index (Phi) is 5.51. The van der Waals surface area contributed by atoms with E-state index < -0.39 is 6.10 Å². The Morgan fingerprint density at radius 1 is 1.27 bits per heavy atom. The summed E-state index contributed by atoms with van der Waals surface area (Å²) in [6.07, 6.45) is 5.96. The summed E-state index contributed by atoms with van der Waals surface area (Å²) in [6.45, 7) is 0. The first-order chi connectivity index (χ1) is 16.0. The Morgan fingerprint density at radius 2 is 2.12 bits per heavy atom. The number of hydrogen-bond donors (Lipinski definition) is 4. The predicted octanol–water partition coefficient (Wildman–Crippen LogP) is 1.28. The van der Waals surface area contributed by atoms with Crippen molar-refractivity contribution in [3.8, 4) is 0 Å². The van der Waals surface area contributed by atoms with E-state index in [1.165, 1.54) is 10.7 Å². The van der Waals surface area contributed by atoms with Crippen LogP contribution in [-0.4, -0.2) is 62.6 Å². The number of aliphatic hydroxyl groups is 1. The number of fused-ring (bicyclic) bond motifs is 1. The van der Waals surface area contributed by atoms with Gasteiger partial charge in [0.1, 0.15) is 22.9 Å². The molecule has 174 valence electrons.